The summed E-state index contributed by atoms with van der Waals surface area (Å²) < 4.78 is 2.07. The van der Waals surface area contributed by atoms with E-state index in [0.29, 0.717) is 19.0 Å². The molecular formula is C16H28IN5O. The van der Waals surface area contributed by atoms with Gasteiger partial charge < -0.3 is 19.7 Å². The molecule has 1 heterocycles. The zero-order valence-corrected chi connectivity index (χ0v) is 17.0. The first-order valence-electron chi connectivity index (χ1n) is 7.25. The molecule has 0 fully saturated rings. The first-order valence-corrected chi connectivity index (χ1v) is 7.25. The van der Waals surface area contributed by atoms with Crippen LogP contribution < -0.4 is 5.32 Å². The van der Waals surface area contributed by atoms with E-state index in [9.17, 15) is 4.79 Å². The molecule has 0 aliphatic rings. The number of aliphatic imine (C=N–C) groups is 1. The van der Waals surface area contributed by atoms with Crippen LogP contribution in [0.2, 0.25) is 0 Å². The van der Waals surface area contributed by atoms with Crippen LogP contribution in [0.15, 0.2) is 35.5 Å². The van der Waals surface area contributed by atoms with Gasteiger partial charge in [0.05, 0.1) is 6.54 Å². The van der Waals surface area contributed by atoms with E-state index in [4.69, 9.17) is 0 Å². The number of aryl methyl sites for hydroxylation is 1. The number of likely N-dealkylation sites (N-methyl/N-ethyl adjacent to an activating group) is 1. The molecule has 130 valence electrons. The first kappa shape index (κ1) is 21.5. The highest BCUT2D eigenvalue weighted by atomic mass is 127. The van der Waals surface area contributed by atoms with Crippen molar-refractivity contribution in [3.05, 3.63) is 36.2 Å². The number of guanidine groups is 1. The van der Waals surface area contributed by atoms with E-state index < -0.39 is 0 Å². The standard InChI is InChI=1S/C16H27N5O.HI/c1-13(2)10-17-16(18-11-15(22)19(3)4)21(6)12-14-8-7-9-20(14)5;/h7-9H,1,10-12H2,2-6H3,(H,17,18);1H. The Morgan fingerprint density at radius 1 is 1.39 bits per heavy atom. The van der Waals surface area contributed by atoms with Gasteiger partial charge in [-0.1, -0.05) is 12.2 Å². The summed E-state index contributed by atoms with van der Waals surface area (Å²) in [5, 5.41) is 3.24. The van der Waals surface area contributed by atoms with Crippen LogP contribution in [0.25, 0.3) is 0 Å². The number of hydrogen-bond acceptors (Lipinski definition) is 2. The summed E-state index contributed by atoms with van der Waals surface area (Å²) in [6.45, 7) is 7.30. The van der Waals surface area contributed by atoms with Crippen molar-refractivity contribution in [2.75, 3.05) is 34.2 Å². The molecule has 0 saturated carbocycles. The van der Waals surface area contributed by atoms with Gasteiger partial charge in [0.25, 0.3) is 0 Å². The van der Waals surface area contributed by atoms with Crippen LogP contribution in [0.1, 0.15) is 12.6 Å². The molecule has 0 unspecified atom stereocenters. The molecule has 0 aromatic carbocycles. The van der Waals surface area contributed by atoms with Gasteiger partial charge in [0, 0.05) is 46.6 Å². The molecule has 1 rings (SSSR count). The topological polar surface area (TPSA) is 52.9 Å². The van der Waals surface area contributed by atoms with Crippen molar-refractivity contribution in [2.24, 2.45) is 12.0 Å². The predicted molar refractivity (Wildman–Crippen MR) is 106 cm³/mol. The quantitative estimate of drug-likeness (QED) is 0.322. The number of nitrogens with one attached hydrogen (secondary N) is 1. The van der Waals surface area contributed by atoms with Crippen molar-refractivity contribution >= 4 is 35.8 Å². The Bertz CT molecular complexity index is 550. The van der Waals surface area contributed by atoms with Crippen LogP contribution in [0.5, 0.6) is 0 Å². The average molecular weight is 433 g/mol. The van der Waals surface area contributed by atoms with Gasteiger partial charge in [-0.25, -0.2) is 4.99 Å². The smallest absolute Gasteiger partial charge is 0.243 e. The Morgan fingerprint density at radius 3 is 2.52 bits per heavy atom. The van der Waals surface area contributed by atoms with Crippen LogP contribution in [0, 0.1) is 0 Å². The summed E-state index contributed by atoms with van der Waals surface area (Å²) in [5.74, 6) is 0.668. The molecule has 0 aliphatic heterocycles. The summed E-state index contributed by atoms with van der Waals surface area (Å²) in [6.07, 6.45) is 2.01. The molecule has 0 spiro atoms. The van der Waals surface area contributed by atoms with Gasteiger partial charge in [0.1, 0.15) is 6.54 Å². The van der Waals surface area contributed by atoms with Crippen molar-refractivity contribution in [1.29, 1.82) is 0 Å². The minimum atomic E-state index is -0.0260. The van der Waals surface area contributed by atoms with E-state index in [1.165, 1.54) is 10.6 Å². The summed E-state index contributed by atoms with van der Waals surface area (Å²) in [6, 6.07) is 4.08. The fourth-order valence-electron chi connectivity index (χ4n) is 1.80. The fourth-order valence-corrected chi connectivity index (χ4v) is 1.80. The molecule has 7 heteroatoms. The monoisotopic (exact) mass is 433 g/mol. The Kier molecular flexibility index (Phi) is 9.62. The highest BCUT2D eigenvalue weighted by Crippen LogP contribution is 2.04. The number of aromatic nitrogens is 1. The second kappa shape index (κ2) is 10.3. The van der Waals surface area contributed by atoms with E-state index in [1.54, 1.807) is 14.1 Å². The van der Waals surface area contributed by atoms with Crippen molar-refractivity contribution in [2.45, 2.75) is 13.5 Å². The molecule has 0 atom stereocenters. The summed E-state index contributed by atoms with van der Waals surface area (Å²) >= 11 is 0. The van der Waals surface area contributed by atoms with Gasteiger partial charge in [-0.15, -0.1) is 24.0 Å². The molecule has 0 saturated heterocycles. The third kappa shape index (κ3) is 7.54. The second-order valence-electron chi connectivity index (χ2n) is 5.71. The lowest BCUT2D eigenvalue weighted by Crippen LogP contribution is -2.40. The minimum absolute atomic E-state index is 0. The third-order valence-electron chi connectivity index (χ3n) is 3.22. The van der Waals surface area contributed by atoms with Crippen molar-refractivity contribution in [3.8, 4) is 0 Å². The predicted octanol–water partition coefficient (Wildman–Crippen LogP) is 1.68. The lowest BCUT2D eigenvalue weighted by atomic mass is 10.3. The third-order valence-corrected chi connectivity index (χ3v) is 3.22. The second-order valence-corrected chi connectivity index (χ2v) is 5.71. The number of rotatable bonds is 6. The van der Waals surface area contributed by atoms with Crippen LogP contribution in [-0.2, 0) is 18.4 Å². The van der Waals surface area contributed by atoms with Crippen LogP contribution in [-0.4, -0.2) is 60.5 Å². The van der Waals surface area contributed by atoms with Crippen molar-refractivity contribution in [3.63, 3.8) is 0 Å². The molecule has 1 N–H and O–H groups in total. The van der Waals surface area contributed by atoms with Gasteiger partial charge >= 0.3 is 0 Å². The Balaban J connectivity index is 0.00000484. The first-order chi connectivity index (χ1) is 10.3. The number of nitrogens with zero attached hydrogens (tertiary/aromatic N) is 4. The van der Waals surface area contributed by atoms with E-state index >= 15 is 0 Å². The normalized spacial score (nSPS) is 10.7. The molecule has 0 radical (unpaired) electrons. The molecule has 6 nitrogen and oxygen atoms in total. The molecule has 0 bridgehead atoms. The number of carbonyl (C=O) groups excluding carboxylic acids is 1. The van der Waals surface area contributed by atoms with Crippen LogP contribution in [0.3, 0.4) is 0 Å². The zero-order valence-electron chi connectivity index (χ0n) is 14.7. The Morgan fingerprint density at radius 2 is 2.04 bits per heavy atom. The van der Waals surface area contributed by atoms with Gasteiger partial charge in [-0.05, 0) is 19.1 Å². The molecule has 1 aromatic heterocycles. The highest BCUT2D eigenvalue weighted by Gasteiger charge is 2.10. The Hall–Kier alpha value is -1.51. The lowest BCUT2D eigenvalue weighted by Gasteiger charge is -2.23. The number of amides is 1. The van der Waals surface area contributed by atoms with E-state index in [2.05, 4.69) is 27.5 Å². The average Bonchev–Trinajstić information content (AvgIpc) is 2.83. The van der Waals surface area contributed by atoms with Gasteiger partial charge in [0.2, 0.25) is 5.91 Å². The summed E-state index contributed by atoms with van der Waals surface area (Å²) in [7, 11) is 7.42. The Labute approximate surface area is 156 Å². The van der Waals surface area contributed by atoms with Gasteiger partial charge in [0.15, 0.2) is 5.96 Å². The van der Waals surface area contributed by atoms with Crippen molar-refractivity contribution in [1.82, 2.24) is 19.7 Å². The summed E-state index contributed by atoms with van der Waals surface area (Å²) in [5.41, 5.74) is 2.19. The lowest BCUT2D eigenvalue weighted by molar-refractivity contribution is -0.127. The van der Waals surface area contributed by atoms with Crippen molar-refractivity contribution < 1.29 is 4.79 Å². The number of hydrogen-bond donors (Lipinski definition) is 1. The summed E-state index contributed by atoms with van der Waals surface area (Å²) in [4.78, 5) is 19.7. The maximum absolute atomic E-state index is 11.7. The van der Waals surface area contributed by atoms with Crippen LogP contribution in [0.4, 0.5) is 0 Å². The fraction of sp³-hybridized carbons (Fsp3) is 0.500. The maximum atomic E-state index is 11.7. The minimum Gasteiger partial charge on any atom is -0.353 e. The van der Waals surface area contributed by atoms with E-state index in [-0.39, 0.29) is 36.4 Å². The molecule has 23 heavy (non-hydrogen) atoms. The number of carbonyl (C=O) groups is 1. The van der Waals surface area contributed by atoms with Crippen LogP contribution >= 0.6 is 24.0 Å². The SMILES string of the molecule is C=C(C)CNC(=NCC(=O)N(C)C)N(C)Cc1cccn1C.I. The van der Waals surface area contributed by atoms with E-state index in [0.717, 1.165) is 5.57 Å². The largest absolute Gasteiger partial charge is 0.353 e. The molecule has 1 aromatic rings. The number of halogens is 1. The maximum Gasteiger partial charge on any atom is 0.243 e. The zero-order chi connectivity index (χ0) is 16.7. The molecule has 0 aliphatic carbocycles. The van der Waals surface area contributed by atoms with Gasteiger partial charge in [-0.2, -0.15) is 0 Å². The molecular weight excluding hydrogens is 405 g/mol. The highest BCUT2D eigenvalue weighted by molar-refractivity contribution is 14.0. The molecule has 1 amide bonds. The van der Waals surface area contributed by atoms with Gasteiger partial charge in [-0.3, -0.25) is 4.79 Å². The van der Waals surface area contributed by atoms with E-state index in [1.807, 2.05) is 38.2 Å².